The lowest BCUT2D eigenvalue weighted by Crippen LogP contribution is -2.40. The van der Waals surface area contributed by atoms with Gasteiger partial charge in [0.05, 0.1) is 0 Å². The van der Waals surface area contributed by atoms with E-state index in [9.17, 15) is 0 Å². The third kappa shape index (κ3) is 7.41. The van der Waals surface area contributed by atoms with Crippen molar-refractivity contribution in [2.24, 2.45) is 10.4 Å². The molecular formula is C22H38N4O. The molecule has 27 heavy (non-hydrogen) atoms. The van der Waals surface area contributed by atoms with E-state index in [1.165, 1.54) is 24.9 Å². The molecule has 1 saturated carbocycles. The van der Waals surface area contributed by atoms with Crippen LogP contribution in [0, 0.1) is 5.41 Å². The summed E-state index contributed by atoms with van der Waals surface area (Å²) in [5.74, 6) is 0.956. The van der Waals surface area contributed by atoms with E-state index >= 15 is 0 Å². The third-order valence-corrected chi connectivity index (χ3v) is 5.58. The van der Waals surface area contributed by atoms with Crippen LogP contribution in [0.2, 0.25) is 0 Å². The molecule has 1 aromatic rings. The minimum Gasteiger partial charge on any atom is -0.385 e. The van der Waals surface area contributed by atoms with Crippen molar-refractivity contribution in [1.82, 2.24) is 10.6 Å². The highest BCUT2D eigenvalue weighted by Gasteiger charge is 2.36. The standard InChI is InChI=1S/C22H38N4O/c1-4-23-21(25-19-22(13-10-14-22)15-18-27-3)24-16-8-9-17-26(2)20-11-6-5-7-12-20/h5-7,11-12H,4,8-10,13-19H2,1-3H3,(H2,23,24,25). The number of ether oxygens (including phenoxy) is 1. The highest BCUT2D eigenvalue weighted by molar-refractivity contribution is 5.79. The molecule has 2 N–H and O–H groups in total. The first-order chi connectivity index (χ1) is 13.2. The summed E-state index contributed by atoms with van der Waals surface area (Å²) in [5, 5.41) is 6.88. The number of unbranched alkanes of at least 4 members (excludes halogenated alkanes) is 1. The van der Waals surface area contributed by atoms with Gasteiger partial charge < -0.3 is 20.3 Å². The first kappa shape index (κ1) is 21.5. The first-order valence-electron chi connectivity index (χ1n) is 10.5. The summed E-state index contributed by atoms with van der Waals surface area (Å²) in [6.07, 6.45) is 7.32. The van der Waals surface area contributed by atoms with Gasteiger partial charge in [0, 0.05) is 52.6 Å². The van der Waals surface area contributed by atoms with E-state index < -0.39 is 0 Å². The Bertz CT molecular complexity index is 543. The zero-order valence-electron chi connectivity index (χ0n) is 17.5. The summed E-state index contributed by atoms with van der Waals surface area (Å²) in [6, 6.07) is 10.6. The Balaban J connectivity index is 1.69. The number of anilines is 1. The van der Waals surface area contributed by atoms with Crippen LogP contribution in [-0.2, 0) is 4.74 Å². The molecule has 0 aliphatic heterocycles. The largest absolute Gasteiger partial charge is 0.385 e. The van der Waals surface area contributed by atoms with E-state index in [2.05, 4.69) is 59.8 Å². The normalized spacial score (nSPS) is 15.9. The molecular weight excluding hydrogens is 336 g/mol. The van der Waals surface area contributed by atoms with Gasteiger partial charge in [0.1, 0.15) is 0 Å². The predicted octanol–water partition coefficient (Wildman–Crippen LogP) is 3.66. The fourth-order valence-electron chi connectivity index (χ4n) is 3.56. The van der Waals surface area contributed by atoms with Gasteiger partial charge in [0.15, 0.2) is 5.96 Å². The van der Waals surface area contributed by atoms with Crippen LogP contribution >= 0.6 is 0 Å². The Hall–Kier alpha value is -1.75. The number of nitrogens with one attached hydrogen (secondary N) is 2. The molecule has 0 atom stereocenters. The lowest BCUT2D eigenvalue weighted by Gasteiger charge is -2.40. The quantitative estimate of drug-likeness (QED) is 0.333. The second-order valence-corrected chi connectivity index (χ2v) is 7.68. The molecule has 1 aliphatic carbocycles. The summed E-state index contributed by atoms with van der Waals surface area (Å²) in [7, 11) is 3.95. The number of aliphatic imine (C=N–C) groups is 1. The number of hydrogen-bond donors (Lipinski definition) is 2. The van der Waals surface area contributed by atoms with Crippen LogP contribution < -0.4 is 15.5 Å². The highest BCUT2D eigenvalue weighted by atomic mass is 16.5. The molecule has 152 valence electrons. The second kappa shape index (κ2) is 11.9. The van der Waals surface area contributed by atoms with E-state index in [-0.39, 0.29) is 0 Å². The number of nitrogens with zero attached hydrogens (tertiary/aromatic N) is 2. The van der Waals surface area contributed by atoms with Gasteiger partial charge in [0.25, 0.3) is 0 Å². The topological polar surface area (TPSA) is 48.9 Å². The molecule has 0 aromatic heterocycles. The minimum atomic E-state index is 0.372. The Morgan fingerprint density at radius 1 is 1.19 bits per heavy atom. The molecule has 0 radical (unpaired) electrons. The maximum absolute atomic E-state index is 5.29. The second-order valence-electron chi connectivity index (χ2n) is 7.68. The van der Waals surface area contributed by atoms with Crippen molar-refractivity contribution >= 4 is 11.6 Å². The van der Waals surface area contributed by atoms with Gasteiger partial charge in [-0.15, -0.1) is 0 Å². The van der Waals surface area contributed by atoms with Crippen molar-refractivity contribution in [1.29, 1.82) is 0 Å². The van der Waals surface area contributed by atoms with Gasteiger partial charge in [0.2, 0.25) is 0 Å². The molecule has 5 nitrogen and oxygen atoms in total. The number of guanidine groups is 1. The fourth-order valence-corrected chi connectivity index (χ4v) is 3.56. The Labute approximate surface area is 165 Å². The monoisotopic (exact) mass is 374 g/mol. The lowest BCUT2D eigenvalue weighted by molar-refractivity contribution is 0.0778. The molecule has 2 rings (SSSR count). The highest BCUT2D eigenvalue weighted by Crippen LogP contribution is 2.44. The number of para-hydroxylation sites is 1. The Morgan fingerprint density at radius 3 is 2.59 bits per heavy atom. The number of hydrogen-bond acceptors (Lipinski definition) is 3. The van der Waals surface area contributed by atoms with Crippen LogP contribution in [0.5, 0.6) is 0 Å². The molecule has 1 aliphatic rings. The van der Waals surface area contributed by atoms with Crippen molar-refractivity contribution in [2.45, 2.75) is 45.4 Å². The van der Waals surface area contributed by atoms with Gasteiger partial charge in [-0.1, -0.05) is 24.6 Å². The van der Waals surface area contributed by atoms with Gasteiger partial charge in [-0.05, 0) is 56.6 Å². The number of rotatable bonds is 12. The summed E-state index contributed by atoms with van der Waals surface area (Å²) >= 11 is 0. The Morgan fingerprint density at radius 2 is 1.96 bits per heavy atom. The van der Waals surface area contributed by atoms with Crippen molar-refractivity contribution in [3.8, 4) is 0 Å². The number of methoxy groups -OCH3 is 1. The van der Waals surface area contributed by atoms with Crippen LogP contribution in [0.1, 0.15) is 45.4 Å². The molecule has 1 fully saturated rings. The zero-order valence-corrected chi connectivity index (χ0v) is 17.5. The van der Waals surface area contributed by atoms with E-state index in [4.69, 9.17) is 9.73 Å². The lowest BCUT2D eigenvalue weighted by atomic mass is 9.67. The van der Waals surface area contributed by atoms with E-state index in [1.54, 1.807) is 7.11 Å². The average Bonchev–Trinajstić information content (AvgIpc) is 2.67. The molecule has 0 spiro atoms. The summed E-state index contributed by atoms with van der Waals surface area (Å²) in [5.41, 5.74) is 1.65. The van der Waals surface area contributed by atoms with Gasteiger partial charge in [-0.25, -0.2) is 0 Å². The van der Waals surface area contributed by atoms with Gasteiger partial charge in [-0.3, -0.25) is 4.99 Å². The van der Waals surface area contributed by atoms with Crippen LogP contribution in [-0.4, -0.2) is 52.9 Å². The zero-order chi connectivity index (χ0) is 19.4. The van der Waals surface area contributed by atoms with Gasteiger partial charge >= 0.3 is 0 Å². The van der Waals surface area contributed by atoms with Gasteiger partial charge in [-0.2, -0.15) is 0 Å². The average molecular weight is 375 g/mol. The minimum absolute atomic E-state index is 0.372. The molecule has 0 unspecified atom stereocenters. The fraction of sp³-hybridized carbons (Fsp3) is 0.682. The molecule has 0 bridgehead atoms. The summed E-state index contributed by atoms with van der Waals surface area (Å²) in [6.45, 7) is 6.79. The maximum atomic E-state index is 5.29. The Kier molecular flexibility index (Phi) is 9.46. The molecule has 0 amide bonds. The van der Waals surface area contributed by atoms with Crippen LogP contribution in [0.15, 0.2) is 35.3 Å². The maximum Gasteiger partial charge on any atom is 0.191 e. The summed E-state index contributed by atoms with van der Waals surface area (Å²) in [4.78, 5) is 7.18. The van der Waals surface area contributed by atoms with Crippen LogP contribution in [0.4, 0.5) is 5.69 Å². The van der Waals surface area contributed by atoms with E-state index in [0.717, 1.165) is 58.0 Å². The third-order valence-electron chi connectivity index (χ3n) is 5.58. The molecule has 0 heterocycles. The van der Waals surface area contributed by atoms with Crippen LogP contribution in [0.25, 0.3) is 0 Å². The van der Waals surface area contributed by atoms with Crippen molar-refractivity contribution in [3.63, 3.8) is 0 Å². The van der Waals surface area contributed by atoms with Crippen molar-refractivity contribution < 1.29 is 4.74 Å². The van der Waals surface area contributed by atoms with E-state index in [0.29, 0.717) is 5.41 Å². The van der Waals surface area contributed by atoms with Crippen molar-refractivity contribution in [3.05, 3.63) is 30.3 Å². The first-order valence-corrected chi connectivity index (χ1v) is 10.5. The smallest absolute Gasteiger partial charge is 0.191 e. The SMILES string of the molecule is CCNC(=NCC1(CCOC)CCC1)NCCCCN(C)c1ccccc1. The predicted molar refractivity (Wildman–Crippen MR) is 116 cm³/mol. The molecule has 0 saturated heterocycles. The van der Waals surface area contributed by atoms with E-state index in [1.807, 2.05) is 0 Å². The molecule has 5 heteroatoms. The molecule has 1 aromatic carbocycles. The van der Waals surface area contributed by atoms with Crippen molar-refractivity contribution in [2.75, 3.05) is 51.8 Å². The summed E-state index contributed by atoms with van der Waals surface area (Å²) < 4.78 is 5.29. The number of benzene rings is 1. The van der Waals surface area contributed by atoms with Crippen LogP contribution in [0.3, 0.4) is 0 Å².